The molecular weight excluding hydrogens is 300 g/mol. The van der Waals surface area contributed by atoms with E-state index in [4.69, 9.17) is 4.74 Å². The van der Waals surface area contributed by atoms with Crippen LogP contribution in [0.2, 0.25) is 0 Å². The Hall–Kier alpha value is -1.55. The molecule has 0 spiro atoms. The van der Waals surface area contributed by atoms with Crippen LogP contribution in [0.5, 0.6) is 5.75 Å². The number of carbonyl (C=O) groups excluding carboxylic acids is 1. The van der Waals surface area contributed by atoms with Crippen molar-refractivity contribution in [3.05, 3.63) is 29.8 Å². The number of hydrogen-bond donors (Lipinski definition) is 0. The van der Waals surface area contributed by atoms with Crippen molar-refractivity contribution in [2.24, 2.45) is 11.8 Å². The Bertz CT molecular complexity index is 573. The number of para-hydroxylation sites is 1. The van der Waals surface area contributed by atoms with Gasteiger partial charge in [0.2, 0.25) is 0 Å². The molecule has 132 valence electrons. The Balaban J connectivity index is 1.50. The van der Waals surface area contributed by atoms with Gasteiger partial charge in [-0.2, -0.15) is 0 Å². The van der Waals surface area contributed by atoms with E-state index >= 15 is 0 Å². The maximum atomic E-state index is 12.5. The molecule has 1 aromatic rings. The van der Waals surface area contributed by atoms with E-state index in [1.165, 1.54) is 12.8 Å². The lowest BCUT2D eigenvalue weighted by atomic mass is 10.0. The van der Waals surface area contributed by atoms with Crippen LogP contribution in [0.15, 0.2) is 24.3 Å². The van der Waals surface area contributed by atoms with E-state index in [1.807, 2.05) is 43.1 Å². The Kier molecular flexibility index (Phi) is 5.14. The first kappa shape index (κ1) is 17.3. The zero-order valence-electron chi connectivity index (χ0n) is 15.4. The molecule has 4 nitrogen and oxygen atoms in total. The lowest BCUT2D eigenvalue weighted by molar-refractivity contribution is -0.134. The summed E-state index contributed by atoms with van der Waals surface area (Å²) < 4.78 is 5.72. The molecule has 2 aliphatic rings. The van der Waals surface area contributed by atoms with E-state index in [2.05, 4.69) is 19.0 Å². The molecule has 0 N–H and O–H groups in total. The van der Waals surface area contributed by atoms with E-state index in [0.29, 0.717) is 6.04 Å². The van der Waals surface area contributed by atoms with Crippen molar-refractivity contribution >= 4 is 5.91 Å². The molecule has 4 atom stereocenters. The van der Waals surface area contributed by atoms with Gasteiger partial charge in [0.15, 0.2) is 6.61 Å². The quantitative estimate of drug-likeness (QED) is 0.832. The summed E-state index contributed by atoms with van der Waals surface area (Å²) in [6.45, 7) is 2.14. The maximum absolute atomic E-state index is 12.5. The van der Waals surface area contributed by atoms with Crippen LogP contribution < -0.4 is 4.74 Å². The highest BCUT2D eigenvalue weighted by Crippen LogP contribution is 2.46. The van der Waals surface area contributed by atoms with Crippen molar-refractivity contribution in [2.75, 3.05) is 27.7 Å². The molecule has 2 unspecified atom stereocenters. The van der Waals surface area contributed by atoms with E-state index in [0.717, 1.165) is 42.0 Å². The molecule has 0 bridgehead atoms. The van der Waals surface area contributed by atoms with Gasteiger partial charge in [-0.3, -0.25) is 4.79 Å². The third-order valence-corrected chi connectivity index (χ3v) is 6.08. The van der Waals surface area contributed by atoms with Gasteiger partial charge in [-0.05, 0) is 70.2 Å². The molecule has 0 aliphatic heterocycles. The van der Waals surface area contributed by atoms with Crippen molar-refractivity contribution in [1.29, 1.82) is 0 Å². The van der Waals surface area contributed by atoms with Crippen LogP contribution >= 0.6 is 0 Å². The maximum Gasteiger partial charge on any atom is 0.260 e. The van der Waals surface area contributed by atoms with Gasteiger partial charge in [0.25, 0.3) is 5.91 Å². The average molecular weight is 330 g/mol. The van der Waals surface area contributed by atoms with Gasteiger partial charge < -0.3 is 14.5 Å². The Morgan fingerprint density at radius 1 is 1.04 bits per heavy atom. The Morgan fingerprint density at radius 3 is 2.21 bits per heavy atom. The standard InChI is InChI=1S/C20H30N2O2/c1-14-7-5-6-8-19(14)24-13-20(23)22(4)18-11-15-9-17(21(2)3)10-16(15)12-18/h5-8,15-18H,9-13H2,1-4H3/t15-,16+,17?,18?. The topological polar surface area (TPSA) is 32.8 Å². The highest BCUT2D eigenvalue weighted by Gasteiger charge is 2.44. The number of benzene rings is 1. The van der Waals surface area contributed by atoms with Crippen molar-refractivity contribution in [3.8, 4) is 5.75 Å². The monoisotopic (exact) mass is 330 g/mol. The molecule has 0 radical (unpaired) electrons. The summed E-state index contributed by atoms with van der Waals surface area (Å²) in [5.74, 6) is 2.47. The van der Waals surface area contributed by atoms with Crippen LogP contribution in [0, 0.1) is 18.8 Å². The molecule has 3 rings (SSSR count). The number of nitrogens with zero attached hydrogens (tertiary/aromatic N) is 2. The number of rotatable bonds is 5. The van der Waals surface area contributed by atoms with Gasteiger partial charge in [-0.25, -0.2) is 0 Å². The predicted molar refractivity (Wildman–Crippen MR) is 96.2 cm³/mol. The van der Waals surface area contributed by atoms with Crippen LogP contribution in [0.3, 0.4) is 0 Å². The average Bonchev–Trinajstić information content (AvgIpc) is 3.12. The highest BCUT2D eigenvalue weighted by molar-refractivity contribution is 5.77. The molecule has 0 saturated heterocycles. The first-order chi connectivity index (χ1) is 11.5. The van der Waals surface area contributed by atoms with E-state index in [-0.39, 0.29) is 12.5 Å². The summed E-state index contributed by atoms with van der Waals surface area (Å²) in [6, 6.07) is 8.96. The van der Waals surface area contributed by atoms with Crippen molar-refractivity contribution in [3.63, 3.8) is 0 Å². The van der Waals surface area contributed by atoms with Crippen LogP contribution in [0.4, 0.5) is 0 Å². The normalized spacial score (nSPS) is 28.9. The third-order valence-electron chi connectivity index (χ3n) is 6.08. The molecule has 2 fully saturated rings. The summed E-state index contributed by atoms with van der Waals surface area (Å²) >= 11 is 0. The van der Waals surface area contributed by atoms with Crippen LogP contribution in [0.1, 0.15) is 31.2 Å². The summed E-state index contributed by atoms with van der Waals surface area (Å²) in [5.41, 5.74) is 1.07. The zero-order chi connectivity index (χ0) is 17.3. The fourth-order valence-electron chi connectivity index (χ4n) is 4.45. The van der Waals surface area contributed by atoms with Crippen molar-refractivity contribution < 1.29 is 9.53 Å². The number of carbonyl (C=O) groups is 1. The molecule has 24 heavy (non-hydrogen) atoms. The fraction of sp³-hybridized carbons (Fsp3) is 0.650. The number of fused-ring (bicyclic) bond motifs is 1. The SMILES string of the molecule is Cc1ccccc1OCC(=O)N(C)C1C[C@H]2CC(N(C)C)C[C@H]2C1. The van der Waals surface area contributed by atoms with E-state index < -0.39 is 0 Å². The van der Waals surface area contributed by atoms with Crippen molar-refractivity contribution in [2.45, 2.75) is 44.7 Å². The fourth-order valence-corrected chi connectivity index (χ4v) is 4.45. The second-order valence-electron chi connectivity index (χ2n) is 7.79. The molecule has 2 aliphatic carbocycles. The van der Waals surface area contributed by atoms with Crippen LogP contribution in [0.25, 0.3) is 0 Å². The summed E-state index contributed by atoms with van der Waals surface area (Å²) in [5, 5.41) is 0. The number of likely N-dealkylation sites (N-methyl/N-ethyl adjacent to an activating group) is 1. The highest BCUT2D eigenvalue weighted by atomic mass is 16.5. The second kappa shape index (κ2) is 7.14. The van der Waals surface area contributed by atoms with Crippen molar-refractivity contribution in [1.82, 2.24) is 9.80 Å². The lowest BCUT2D eigenvalue weighted by Crippen LogP contribution is -2.39. The minimum absolute atomic E-state index is 0.0902. The number of aryl methyl sites for hydroxylation is 1. The minimum atomic E-state index is 0.0902. The largest absolute Gasteiger partial charge is 0.484 e. The third kappa shape index (κ3) is 3.59. The summed E-state index contributed by atoms with van der Waals surface area (Å²) in [7, 11) is 6.31. The van der Waals surface area contributed by atoms with Crippen LogP contribution in [-0.4, -0.2) is 55.5 Å². The molecule has 0 heterocycles. The molecule has 4 heteroatoms. The number of hydrogen-bond acceptors (Lipinski definition) is 3. The molecule has 2 saturated carbocycles. The lowest BCUT2D eigenvalue weighted by Gasteiger charge is -2.27. The van der Waals surface area contributed by atoms with Gasteiger partial charge in [0.1, 0.15) is 5.75 Å². The van der Waals surface area contributed by atoms with Crippen LogP contribution in [-0.2, 0) is 4.79 Å². The zero-order valence-corrected chi connectivity index (χ0v) is 15.4. The van der Waals surface area contributed by atoms with Gasteiger partial charge in [0.05, 0.1) is 0 Å². The summed E-state index contributed by atoms with van der Waals surface area (Å²) in [4.78, 5) is 16.8. The smallest absolute Gasteiger partial charge is 0.260 e. The first-order valence-electron chi connectivity index (χ1n) is 9.06. The molecular formula is C20H30N2O2. The number of amides is 1. The predicted octanol–water partition coefficient (Wildman–Crippen LogP) is 2.95. The summed E-state index contributed by atoms with van der Waals surface area (Å²) in [6.07, 6.45) is 4.88. The molecule has 0 aromatic heterocycles. The minimum Gasteiger partial charge on any atom is -0.484 e. The van der Waals surface area contributed by atoms with E-state index in [9.17, 15) is 4.79 Å². The Labute approximate surface area is 145 Å². The van der Waals surface area contributed by atoms with Gasteiger partial charge in [-0.1, -0.05) is 18.2 Å². The van der Waals surface area contributed by atoms with E-state index in [1.54, 1.807) is 0 Å². The Morgan fingerprint density at radius 2 is 1.62 bits per heavy atom. The van der Waals surface area contributed by atoms with Gasteiger partial charge in [-0.15, -0.1) is 0 Å². The second-order valence-corrected chi connectivity index (χ2v) is 7.79. The van der Waals surface area contributed by atoms with Gasteiger partial charge in [0, 0.05) is 19.1 Å². The molecule has 1 amide bonds. The molecule has 1 aromatic carbocycles. The number of ether oxygens (including phenoxy) is 1. The van der Waals surface area contributed by atoms with Gasteiger partial charge >= 0.3 is 0 Å². The first-order valence-corrected chi connectivity index (χ1v) is 9.06.